The van der Waals surface area contributed by atoms with E-state index in [4.69, 9.17) is 0 Å². The van der Waals surface area contributed by atoms with Crippen molar-refractivity contribution in [2.45, 2.75) is 25.7 Å². The van der Waals surface area contributed by atoms with Gasteiger partial charge in [0.1, 0.15) is 6.54 Å². The van der Waals surface area contributed by atoms with Crippen LogP contribution < -0.4 is 20.4 Å². The predicted molar refractivity (Wildman–Crippen MR) is 109 cm³/mol. The van der Waals surface area contributed by atoms with Crippen molar-refractivity contribution in [3.8, 4) is 0 Å². The number of nitrogens with one attached hydrogen (secondary N) is 3. The van der Waals surface area contributed by atoms with Crippen LogP contribution in [0.5, 0.6) is 0 Å². The number of hydrogen-bond acceptors (Lipinski definition) is 6. The monoisotopic (exact) mass is 375 g/mol. The summed E-state index contributed by atoms with van der Waals surface area (Å²) in [4.78, 5) is 19.8. The van der Waals surface area contributed by atoms with Crippen LogP contribution in [-0.2, 0) is 4.79 Å². The summed E-state index contributed by atoms with van der Waals surface area (Å²) in [5.41, 5.74) is 2.99. The first kappa shape index (κ1) is 16.8. The molecule has 1 aliphatic carbocycles. The van der Waals surface area contributed by atoms with Crippen LogP contribution in [0.4, 0.5) is 17.2 Å². The van der Waals surface area contributed by atoms with Crippen LogP contribution in [0.15, 0.2) is 59.7 Å². The van der Waals surface area contributed by atoms with Crippen molar-refractivity contribution in [3.63, 3.8) is 0 Å². The van der Waals surface area contributed by atoms with Crippen LogP contribution in [0, 0.1) is 0 Å². The topological polar surface area (TPSA) is 91.3 Å². The Morgan fingerprint density at radius 3 is 2.86 bits per heavy atom. The standard InChI is InChI=1S/C20H21N7O/c1-13(28)22-15-4-6-16(7-5-15)26-11-19-21-8-9-27(19)20(12-26)23-18-10-17(24-25-18)14-2-3-14/h4-10,12,14H,2-3,11H2,1H3,(H,22,28)(H2,23,24,25)/q+1. The van der Waals surface area contributed by atoms with Crippen molar-refractivity contribution in [2.24, 2.45) is 4.99 Å². The van der Waals surface area contributed by atoms with Crippen molar-refractivity contribution in [3.05, 3.63) is 60.4 Å². The Bertz CT molecular complexity index is 998. The molecule has 3 aliphatic rings. The van der Waals surface area contributed by atoms with Crippen molar-refractivity contribution < 1.29 is 4.79 Å². The van der Waals surface area contributed by atoms with Gasteiger partial charge in [0, 0.05) is 36.0 Å². The molecule has 141 valence electrons. The zero-order valence-corrected chi connectivity index (χ0v) is 15.5. The molecule has 1 amide bonds. The highest BCUT2D eigenvalue weighted by atomic mass is 16.1. The largest absolute Gasteiger partial charge is 0.329 e. The summed E-state index contributed by atoms with van der Waals surface area (Å²) in [6.07, 6.45) is 8.26. The van der Waals surface area contributed by atoms with Gasteiger partial charge in [-0.1, -0.05) is 0 Å². The van der Waals surface area contributed by atoms with Gasteiger partial charge in [-0.2, -0.15) is 10.1 Å². The summed E-state index contributed by atoms with van der Waals surface area (Å²) in [6, 6.07) is 9.84. The number of benzene rings is 1. The van der Waals surface area contributed by atoms with E-state index in [9.17, 15) is 4.79 Å². The third-order valence-electron chi connectivity index (χ3n) is 4.96. The number of nitrogens with zero attached hydrogens (tertiary/aromatic N) is 4. The highest BCUT2D eigenvalue weighted by Gasteiger charge is 2.37. The first-order chi connectivity index (χ1) is 13.7. The van der Waals surface area contributed by atoms with Gasteiger partial charge in [0.15, 0.2) is 12.0 Å². The molecule has 5 rings (SSSR count). The summed E-state index contributed by atoms with van der Waals surface area (Å²) in [5, 5.41) is 13.7. The second-order valence-electron chi connectivity index (χ2n) is 7.19. The van der Waals surface area contributed by atoms with Gasteiger partial charge in [-0.15, -0.1) is 0 Å². The van der Waals surface area contributed by atoms with Crippen LogP contribution in [0.2, 0.25) is 0 Å². The lowest BCUT2D eigenvalue weighted by molar-refractivity contribution is -0.114. The first-order valence-corrected chi connectivity index (χ1v) is 9.37. The van der Waals surface area contributed by atoms with Gasteiger partial charge in [-0.05, 0) is 42.0 Å². The molecule has 1 aromatic carbocycles. The van der Waals surface area contributed by atoms with Gasteiger partial charge in [-0.25, -0.2) is 0 Å². The minimum atomic E-state index is -0.0799. The maximum absolute atomic E-state index is 11.2. The van der Waals surface area contributed by atoms with E-state index in [1.54, 1.807) is 6.20 Å². The third-order valence-corrected chi connectivity index (χ3v) is 4.96. The van der Waals surface area contributed by atoms with Gasteiger partial charge in [-0.3, -0.25) is 15.2 Å². The third kappa shape index (κ3) is 3.29. The second-order valence-corrected chi connectivity index (χ2v) is 7.19. The zero-order chi connectivity index (χ0) is 19.1. The molecule has 1 fully saturated rings. The number of amidine groups is 1. The molecular weight excluding hydrogens is 354 g/mol. The molecule has 28 heavy (non-hydrogen) atoms. The summed E-state index contributed by atoms with van der Waals surface area (Å²) in [6.45, 7) is 2.16. The van der Waals surface area contributed by atoms with Crippen LogP contribution in [0.3, 0.4) is 0 Å². The molecule has 2 aliphatic heterocycles. The van der Waals surface area contributed by atoms with Gasteiger partial charge in [0.2, 0.25) is 5.91 Å². The first-order valence-electron chi connectivity index (χ1n) is 9.37. The molecule has 3 heterocycles. The smallest absolute Gasteiger partial charge is 0.284 e. The molecule has 1 saturated carbocycles. The number of anilines is 3. The maximum Gasteiger partial charge on any atom is 0.284 e. The van der Waals surface area contributed by atoms with E-state index in [1.165, 1.54) is 25.5 Å². The van der Waals surface area contributed by atoms with Gasteiger partial charge in [0.05, 0.1) is 12.4 Å². The van der Waals surface area contributed by atoms with Crippen LogP contribution in [-0.4, -0.2) is 28.5 Å². The number of amides is 1. The number of H-pyrrole nitrogens is 1. The fourth-order valence-corrected chi connectivity index (χ4v) is 3.41. The zero-order valence-electron chi connectivity index (χ0n) is 15.5. The van der Waals surface area contributed by atoms with E-state index >= 15 is 0 Å². The summed E-state index contributed by atoms with van der Waals surface area (Å²) in [5.74, 6) is 3.18. The highest BCUT2D eigenvalue weighted by Crippen LogP contribution is 2.39. The molecule has 2 aromatic rings. The molecule has 1 aromatic heterocycles. The molecular formula is C20H21N7O+. The molecule has 8 nitrogen and oxygen atoms in total. The Morgan fingerprint density at radius 1 is 1.29 bits per heavy atom. The summed E-state index contributed by atoms with van der Waals surface area (Å²) < 4.78 is 0. The molecule has 0 saturated heterocycles. The average Bonchev–Trinajstić information content (AvgIpc) is 3.23. The number of carbonyl (C=O) groups is 1. The fourth-order valence-electron chi connectivity index (χ4n) is 3.41. The fraction of sp³-hybridized carbons (Fsp3) is 0.250. The van der Waals surface area contributed by atoms with Crippen molar-refractivity contribution in [1.82, 2.24) is 15.1 Å². The number of aromatic amines is 1. The van der Waals surface area contributed by atoms with E-state index in [0.717, 1.165) is 28.8 Å². The Labute approximate surface area is 162 Å². The van der Waals surface area contributed by atoms with Gasteiger partial charge < -0.3 is 10.2 Å². The molecule has 0 atom stereocenters. The van der Waals surface area contributed by atoms with Gasteiger partial charge in [0.25, 0.3) is 11.7 Å². The Morgan fingerprint density at radius 2 is 2.11 bits per heavy atom. The Kier molecular flexibility index (Phi) is 3.98. The second kappa shape index (κ2) is 6.65. The quantitative estimate of drug-likeness (QED) is 0.701. The minimum absolute atomic E-state index is 0.0799. The van der Waals surface area contributed by atoms with E-state index < -0.39 is 0 Å². The molecule has 0 spiro atoms. The number of rotatable bonds is 5. The number of hydrogen-bond donors (Lipinski definition) is 3. The van der Waals surface area contributed by atoms with E-state index in [2.05, 4.69) is 36.8 Å². The SMILES string of the molecule is CC(=O)Nc1ccc(N2C=C(Nc3cc(C4CC4)[nH]n3)[N+]3C=CN=C3C2)cc1. The van der Waals surface area contributed by atoms with Crippen LogP contribution in [0.25, 0.3) is 0 Å². The lowest BCUT2D eigenvalue weighted by Crippen LogP contribution is -2.45. The lowest BCUT2D eigenvalue weighted by atomic mass is 10.2. The molecule has 8 heteroatoms. The molecule has 0 unspecified atom stereocenters. The summed E-state index contributed by atoms with van der Waals surface area (Å²) in [7, 11) is 0. The molecule has 1 radical (unpaired) electrons. The molecule has 0 bridgehead atoms. The number of carbonyl (C=O) groups excluding carboxylic acids is 1. The van der Waals surface area contributed by atoms with Crippen molar-refractivity contribution >= 4 is 28.9 Å². The maximum atomic E-state index is 11.2. The van der Waals surface area contributed by atoms with Crippen molar-refractivity contribution in [2.75, 3.05) is 22.1 Å². The number of aromatic nitrogens is 2. The number of aliphatic imine (C=N–C) groups is 1. The van der Waals surface area contributed by atoms with Crippen LogP contribution >= 0.6 is 0 Å². The van der Waals surface area contributed by atoms with E-state index in [1.807, 2.05) is 41.6 Å². The van der Waals surface area contributed by atoms with E-state index in [0.29, 0.717) is 12.5 Å². The van der Waals surface area contributed by atoms with Crippen molar-refractivity contribution in [1.29, 1.82) is 0 Å². The van der Waals surface area contributed by atoms with E-state index in [-0.39, 0.29) is 5.91 Å². The van der Waals surface area contributed by atoms with Gasteiger partial charge >= 0.3 is 0 Å². The minimum Gasteiger partial charge on any atom is -0.329 e. The molecule has 3 N–H and O–H groups in total. The highest BCUT2D eigenvalue weighted by molar-refractivity contribution is 5.96. The Hall–Kier alpha value is -3.39. The normalized spacial score (nSPS) is 18.5. The average molecular weight is 375 g/mol. The summed E-state index contributed by atoms with van der Waals surface area (Å²) >= 11 is 0. The lowest BCUT2D eigenvalue weighted by Gasteiger charge is -2.25. The van der Waals surface area contributed by atoms with Crippen LogP contribution in [0.1, 0.15) is 31.4 Å². The Balaban J connectivity index is 1.39. The predicted octanol–water partition coefficient (Wildman–Crippen LogP) is 3.00. The number of fused-ring (bicyclic) bond motifs is 1.